The van der Waals surface area contributed by atoms with E-state index < -0.39 is 24.0 Å². The highest BCUT2D eigenvalue weighted by Gasteiger charge is 2.45. The monoisotopic (exact) mass is 574 g/mol. The lowest BCUT2D eigenvalue weighted by atomic mass is 9.76. The van der Waals surface area contributed by atoms with E-state index in [1.807, 2.05) is 0 Å². The predicted octanol–water partition coefficient (Wildman–Crippen LogP) is 6.56. The second-order valence-electron chi connectivity index (χ2n) is 10.9. The van der Waals surface area contributed by atoms with Gasteiger partial charge in [0.15, 0.2) is 0 Å². The zero-order chi connectivity index (χ0) is 29.8. The number of aromatic hydroxyl groups is 5. The van der Waals surface area contributed by atoms with Crippen LogP contribution in [-0.2, 0) is 0 Å². The summed E-state index contributed by atoms with van der Waals surface area (Å²) in [6, 6.07) is 26.0. The number of phenols is 5. The van der Waals surface area contributed by atoms with E-state index in [1.54, 1.807) is 84.9 Å². The van der Waals surface area contributed by atoms with Crippen LogP contribution >= 0.6 is 0 Å². The van der Waals surface area contributed by atoms with E-state index in [-0.39, 0.29) is 28.7 Å². The quantitative estimate of drug-likeness (QED) is 0.149. The van der Waals surface area contributed by atoms with Gasteiger partial charge in [0.2, 0.25) is 0 Å². The summed E-state index contributed by atoms with van der Waals surface area (Å²) in [6.07, 6.45) is -0.470. The van der Waals surface area contributed by atoms with Crippen LogP contribution in [0.25, 0.3) is 0 Å². The number of hydrogen-bond donors (Lipinski definition) is 5. The van der Waals surface area contributed by atoms with E-state index >= 15 is 0 Å². The van der Waals surface area contributed by atoms with Gasteiger partial charge in [0, 0.05) is 28.8 Å². The maximum Gasteiger partial charge on any atom is 0.150 e. The van der Waals surface area contributed by atoms with Crippen molar-refractivity contribution in [2.24, 2.45) is 0 Å². The van der Waals surface area contributed by atoms with Crippen LogP contribution in [0.4, 0.5) is 0 Å². The highest BCUT2D eigenvalue weighted by atomic mass is 16.5. The summed E-state index contributed by atoms with van der Waals surface area (Å²) in [6.45, 7) is 0. The molecule has 8 nitrogen and oxygen atoms in total. The first-order valence-corrected chi connectivity index (χ1v) is 13.7. The van der Waals surface area contributed by atoms with Crippen molar-refractivity contribution < 1.29 is 39.8 Å². The van der Waals surface area contributed by atoms with Gasteiger partial charge in [-0.15, -0.1) is 0 Å². The third kappa shape index (κ3) is 4.53. The van der Waals surface area contributed by atoms with Gasteiger partial charge in [-0.05, 0) is 82.9 Å². The summed E-state index contributed by atoms with van der Waals surface area (Å²) in [7, 11) is 0. The Balaban J connectivity index is 1.48. The summed E-state index contributed by atoms with van der Waals surface area (Å²) >= 11 is 0. The molecule has 8 heteroatoms. The number of carbonyl (C=O) groups is 1. The Bertz CT molecular complexity index is 1840. The van der Waals surface area contributed by atoms with Crippen molar-refractivity contribution in [3.8, 4) is 40.2 Å². The number of phenolic OH excluding ortho intramolecular Hbond substituents is 5. The molecule has 0 amide bonds. The minimum Gasteiger partial charge on any atom is -0.508 e. The third-order valence-corrected chi connectivity index (χ3v) is 8.15. The maximum absolute atomic E-state index is 11.8. The molecule has 0 aliphatic carbocycles. The van der Waals surface area contributed by atoms with E-state index in [4.69, 9.17) is 9.47 Å². The molecule has 0 fully saturated rings. The largest absolute Gasteiger partial charge is 0.508 e. The molecule has 4 atom stereocenters. The molecule has 7 rings (SSSR count). The Kier molecular flexibility index (Phi) is 6.13. The van der Waals surface area contributed by atoms with E-state index in [2.05, 4.69) is 0 Å². The Labute approximate surface area is 246 Å². The van der Waals surface area contributed by atoms with Gasteiger partial charge in [-0.25, -0.2) is 0 Å². The highest BCUT2D eigenvalue weighted by Crippen LogP contribution is 2.58. The minimum atomic E-state index is -0.646. The maximum atomic E-state index is 11.8. The standard InChI is InChI=1S/C35H26O8/c36-17-18-1-10-29-27(11-18)32(35(42-29)20-4-8-23(38)9-5-20)28-15-26(41)16-30-33(28)31(21-12-24(39)14-25(40)13-21)34(43-30)19-2-6-22(37)7-3-19/h1-17,31-32,34-35,37-41H/t31-,32-,34+,35+/m1/s1. The number of aldehydes is 1. The molecular weight excluding hydrogens is 548 g/mol. The van der Waals surface area contributed by atoms with Crippen LogP contribution in [0.3, 0.4) is 0 Å². The molecule has 0 spiro atoms. The van der Waals surface area contributed by atoms with Gasteiger partial charge >= 0.3 is 0 Å². The lowest BCUT2D eigenvalue weighted by molar-refractivity contribution is 0.112. The Morgan fingerprint density at radius 3 is 1.65 bits per heavy atom. The zero-order valence-corrected chi connectivity index (χ0v) is 22.6. The second kappa shape index (κ2) is 10.0. The van der Waals surface area contributed by atoms with Gasteiger partial charge in [0.1, 0.15) is 58.7 Å². The third-order valence-electron chi connectivity index (χ3n) is 8.15. The lowest BCUT2D eigenvalue weighted by Crippen LogP contribution is -2.16. The van der Waals surface area contributed by atoms with E-state index in [1.165, 1.54) is 12.1 Å². The molecule has 2 heterocycles. The fourth-order valence-electron chi connectivity index (χ4n) is 6.35. The topological polar surface area (TPSA) is 137 Å². The Hall–Kier alpha value is -5.63. The number of rotatable bonds is 5. The van der Waals surface area contributed by atoms with Crippen molar-refractivity contribution in [2.45, 2.75) is 24.0 Å². The molecule has 0 saturated heterocycles. The minimum absolute atomic E-state index is 0.0398. The molecule has 5 aromatic carbocycles. The van der Waals surface area contributed by atoms with Crippen molar-refractivity contribution in [3.05, 3.63) is 136 Å². The first kappa shape index (κ1) is 26.3. The van der Waals surface area contributed by atoms with Crippen LogP contribution in [0, 0.1) is 0 Å². The second-order valence-corrected chi connectivity index (χ2v) is 10.9. The summed E-state index contributed by atoms with van der Waals surface area (Å²) < 4.78 is 13.0. The number of hydrogen-bond acceptors (Lipinski definition) is 8. The molecule has 0 aromatic heterocycles. The van der Waals surface area contributed by atoms with Crippen LogP contribution in [0.5, 0.6) is 40.2 Å². The summed E-state index contributed by atoms with van der Waals surface area (Å²) in [4.78, 5) is 11.8. The van der Waals surface area contributed by atoms with Crippen LogP contribution in [0.15, 0.2) is 97.1 Å². The van der Waals surface area contributed by atoms with Crippen molar-refractivity contribution in [1.29, 1.82) is 0 Å². The fraction of sp³-hybridized carbons (Fsp3) is 0.114. The molecule has 2 aliphatic rings. The summed E-state index contributed by atoms with van der Waals surface area (Å²) in [5.41, 5.74) is 4.65. The average Bonchev–Trinajstić information content (AvgIpc) is 3.55. The normalized spacial score (nSPS) is 20.1. The SMILES string of the molecule is O=Cc1ccc2c(c1)[C@H](c1cc(O)cc3c1[C@@H](c1cc(O)cc(O)c1)[C@H](c1ccc(O)cc1)O3)[C@H](c1ccc(O)cc1)O2. The van der Waals surface area contributed by atoms with Gasteiger partial charge in [-0.3, -0.25) is 4.79 Å². The van der Waals surface area contributed by atoms with Crippen molar-refractivity contribution in [1.82, 2.24) is 0 Å². The first-order chi connectivity index (χ1) is 20.8. The lowest BCUT2D eigenvalue weighted by Gasteiger charge is -2.26. The summed E-state index contributed by atoms with van der Waals surface area (Å²) in [5.74, 6) is -0.194. The van der Waals surface area contributed by atoms with E-state index in [0.29, 0.717) is 33.8 Å². The van der Waals surface area contributed by atoms with E-state index in [9.17, 15) is 30.3 Å². The van der Waals surface area contributed by atoms with Crippen molar-refractivity contribution in [3.63, 3.8) is 0 Å². The molecule has 5 aromatic rings. The Morgan fingerprint density at radius 1 is 0.488 bits per heavy atom. The van der Waals surface area contributed by atoms with Gasteiger partial charge in [0.25, 0.3) is 0 Å². The Morgan fingerprint density at radius 2 is 1.05 bits per heavy atom. The molecule has 43 heavy (non-hydrogen) atoms. The fourth-order valence-corrected chi connectivity index (χ4v) is 6.35. The van der Waals surface area contributed by atoms with Crippen LogP contribution in [-0.4, -0.2) is 31.8 Å². The number of carbonyl (C=O) groups excluding carboxylic acids is 1. The molecule has 0 radical (unpaired) electrons. The zero-order valence-electron chi connectivity index (χ0n) is 22.6. The van der Waals surface area contributed by atoms with Crippen molar-refractivity contribution in [2.75, 3.05) is 0 Å². The van der Waals surface area contributed by atoms with Gasteiger partial charge in [0.05, 0.1) is 11.8 Å². The highest BCUT2D eigenvalue weighted by molar-refractivity contribution is 5.76. The molecule has 0 unspecified atom stereocenters. The number of ether oxygens (including phenoxy) is 2. The number of fused-ring (bicyclic) bond motifs is 2. The molecule has 0 saturated carbocycles. The van der Waals surface area contributed by atoms with Crippen LogP contribution in [0.2, 0.25) is 0 Å². The molecular formula is C35H26O8. The molecule has 0 bridgehead atoms. The number of benzene rings is 5. The average molecular weight is 575 g/mol. The van der Waals surface area contributed by atoms with Gasteiger partial charge < -0.3 is 35.0 Å². The van der Waals surface area contributed by atoms with Gasteiger partial charge in [-0.1, -0.05) is 24.3 Å². The smallest absolute Gasteiger partial charge is 0.150 e. The van der Waals surface area contributed by atoms with Crippen LogP contribution in [0.1, 0.15) is 67.8 Å². The van der Waals surface area contributed by atoms with Gasteiger partial charge in [-0.2, -0.15) is 0 Å². The summed E-state index contributed by atoms with van der Waals surface area (Å²) in [5, 5.41) is 51.9. The molecule has 5 N–H and O–H groups in total. The van der Waals surface area contributed by atoms with Crippen molar-refractivity contribution >= 4 is 6.29 Å². The van der Waals surface area contributed by atoms with E-state index in [0.717, 1.165) is 23.0 Å². The molecule has 214 valence electrons. The predicted molar refractivity (Wildman–Crippen MR) is 156 cm³/mol. The first-order valence-electron chi connectivity index (χ1n) is 13.7. The molecule has 2 aliphatic heterocycles. The van der Waals surface area contributed by atoms with Crippen LogP contribution < -0.4 is 9.47 Å².